The number of hydrogen-bond acceptors (Lipinski definition) is 5. The molecule has 0 aliphatic heterocycles. The van der Waals surface area contributed by atoms with Crippen molar-refractivity contribution in [3.63, 3.8) is 0 Å². The van der Waals surface area contributed by atoms with E-state index >= 15 is 0 Å². The molecule has 0 amide bonds. The van der Waals surface area contributed by atoms with Crippen molar-refractivity contribution >= 4 is 29.1 Å². The van der Waals surface area contributed by atoms with Crippen LogP contribution in [0.25, 0.3) is 5.69 Å². The molecule has 0 fully saturated rings. The molecule has 3 rings (SSSR count). The number of hydrogen-bond donors (Lipinski definition) is 1. The molecule has 1 aromatic heterocycles. The van der Waals surface area contributed by atoms with Crippen LogP contribution in [0.5, 0.6) is 0 Å². The molecule has 0 saturated carbocycles. The maximum atomic E-state index is 8.82. The predicted octanol–water partition coefficient (Wildman–Crippen LogP) is 4.15. The van der Waals surface area contributed by atoms with E-state index in [9.17, 15) is 0 Å². The van der Waals surface area contributed by atoms with Gasteiger partial charge in [-0.05, 0) is 36.4 Å². The van der Waals surface area contributed by atoms with Crippen molar-refractivity contribution in [2.75, 3.05) is 11.1 Å². The molecule has 0 unspecified atom stereocenters. The van der Waals surface area contributed by atoms with Crippen LogP contribution in [0.15, 0.2) is 59.8 Å². The van der Waals surface area contributed by atoms with Crippen LogP contribution < -0.4 is 5.32 Å². The van der Waals surface area contributed by atoms with E-state index in [0.29, 0.717) is 22.5 Å². The molecule has 1 heterocycles. The maximum absolute atomic E-state index is 8.82. The van der Waals surface area contributed by atoms with Crippen molar-refractivity contribution in [1.82, 2.24) is 14.8 Å². The number of para-hydroxylation sites is 1. The SMILES string of the molecule is N#CCSc1nnc(CNc2ccc(Cl)cc2)n1-c1ccccc1. The second-order valence-corrected chi connectivity index (χ2v) is 6.26. The Morgan fingerprint density at radius 1 is 1.08 bits per heavy atom. The first-order chi connectivity index (χ1) is 11.8. The average molecular weight is 356 g/mol. The monoisotopic (exact) mass is 355 g/mol. The summed E-state index contributed by atoms with van der Waals surface area (Å²) in [6.45, 7) is 0.511. The van der Waals surface area contributed by atoms with Gasteiger partial charge in [0.2, 0.25) is 0 Å². The number of rotatable bonds is 6. The van der Waals surface area contributed by atoms with Gasteiger partial charge in [-0.3, -0.25) is 4.57 Å². The molecule has 0 aliphatic carbocycles. The van der Waals surface area contributed by atoms with Crippen LogP contribution in [0.3, 0.4) is 0 Å². The van der Waals surface area contributed by atoms with E-state index < -0.39 is 0 Å². The first-order valence-corrected chi connectivity index (χ1v) is 8.63. The van der Waals surface area contributed by atoms with Gasteiger partial charge in [-0.25, -0.2) is 0 Å². The summed E-state index contributed by atoms with van der Waals surface area (Å²) in [7, 11) is 0. The molecule has 1 N–H and O–H groups in total. The van der Waals surface area contributed by atoms with Crippen molar-refractivity contribution in [2.45, 2.75) is 11.7 Å². The van der Waals surface area contributed by atoms with Gasteiger partial charge in [0, 0.05) is 16.4 Å². The third-order valence-corrected chi connectivity index (χ3v) is 4.32. The van der Waals surface area contributed by atoms with Gasteiger partial charge >= 0.3 is 0 Å². The molecule has 7 heteroatoms. The minimum Gasteiger partial charge on any atom is -0.378 e. The Kier molecular flexibility index (Phi) is 5.36. The topological polar surface area (TPSA) is 66.5 Å². The van der Waals surface area contributed by atoms with Gasteiger partial charge in [0.25, 0.3) is 0 Å². The van der Waals surface area contributed by atoms with E-state index in [2.05, 4.69) is 21.6 Å². The Labute approximate surface area is 149 Å². The minimum atomic E-state index is 0.329. The van der Waals surface area contributed by atoms with Crippen molar-refractivity contribution in [3.05, 3.63) is 65.4 Å². The van der Waals surface area contributed by atoms with Gasteiger partial charge < -0.3 is 5.32 Å². The van der Waals surface area contributed by atoms with Crippen LogP contribution in [0, 0.1) is 11.3 Å². The molecule has 0 bridgehead atoms. The third-order valence-electron chi connectivity index (χ3n) is 3.28. The lowest BCUT2D eigenvalue weighted by atomic mass is 10.3. The predicted molar refractivity (Wildman–Crippen MR) is 96.5 cm³/mol. The Hall–Kier alpha value is -2.49. The highest BCUT2D eigenvalue weighted by Crippen LogP contribution is 2.22. The maximum Gasteiger partial charge on any atom is 0.196 e. The van der Waals surface area contributed by atoms with E-state index in [1.54, 1.807) is 0 Å². The summed E-state index contributed by atoms with van der Waals surface area (Å²) in [5, 5.41) is 22.0. The fourth-order valence-electron chi connectivity index (χ4n) is 2.19. The number of aromatic nitrogens is 3. The number of thioether (sulfide) groups is 1. The van der Waals surface area contributed by atoms with Gasteiger partial charge in [-0.15, -0.1) is 10.2 Å². The second-order valence-electron chi connectivity index (χ2n) is 4.88. The smallest absolute Gasteiger partial charge is 0.196 e. The number of nitriles is 1. The molecule has 3 aromatic rings. The van der Waals surface area contributed by atoms with Gasteiger partial charge in [0.15, 0.2) is 11.0 Å². The van der Waals surface area contributed by atoms with E-state index in [0.717, 1.165) is 17.2 Å². The molecule has 0 atom stereocenters. The number of halogens is 1. The van der Waals surface area contributed by atoms with Gasteiger partial charge in [0.1, 0.15) is 0 Å². The normalized spacial score (nSPS) is 10.3. The Balaban J connectivity index is 1.85. The lowest BCUT2D eigenvalue weighted by Gasteiger charge is -2.11. The third kappa shape index (κ3) is 3.88. The number of nitrogens with one attached hydrogen (secondary N) is 1. The summed E-state index contributed by atoms with van der Waals surface area (Å²) in [5.41, 5.74) is 1.92. The van der Waals surface area contributed by atoms with Crippen LogP contribution in [0.2, 0.25) is 5.02 Å². The zero-order valence-electron chi connectivity index (χ0n) is 12.7. The summed E-state index contributed by atoms with van der Waals surface area (Å²) in [6, 6.07) is 19.5. The summed E-state index contributed by atoms with van der Waals surface area (Å²) in [6.07, 6.45) is 0. The Morgan fingerprint density at radius 3 is 2.54 bits per heavy atom. The van der Waals surface area contributed by atoms with Crippen LogP contribution in [-0.4, -0.2) is 20.5 Å². The fourth-order valence-corrected chi connectivity index (χ4v) is 2.95. The molecule has 0 spiro atoms. The minimum absolute atomic E-state index is 0.329. The van der Waals surface area contributed by atoms with Crippen LogP contribution in [-0.2, 0) is 6.54 Å². The molecular weight excluding hydrogens is 342 g/mol. The van der Waals surface area contributed by atoms with Gasteiger partial charge in [0.05, 0.1) is 18.4 Å². The van der Waals surface area contributed by atoms with E-state index in [1.807, 2.05) is 59.2 Å². The lowest BCUT2D eigenvalue weighted by Crippen LogP contribution is -2.08. The van der Waals surface area contributed by atoms with Gasteiger partial charge in [-0.1, -0.05) is 41.6 Å². The summed E-state index contributed by atoms with van der Waals surface area (Å²) in [4.78, 5) is 0. The Bertz CT molecular complexity index is 840. The van der Waals surface area contributed by atoms with Gasteiger partial charge in [-0.2, -0.15) is 5.26 Å². The molecule has 0 radical (unpaired) electrons. The first-order valence-electron chi connectivity index (χ1n) is 7.27. The fraction of sp³-hybridized carbons (Fsp3) is 0.118. The number of benzene rings is 2. The molecule has 120 valence electrons. The Morgan fingerprint density at radius 2 is 1.83 bits per heavy atom. The summed E-state index contributed by atoms with van der Waals surface area (Å²) >= 11 is 7.27. The molecular formula is C17H14ClN5S. The molecule has 0 saturated heterocycles. The first kappa shape index (κ1) is 16.4. The number of nitrogens with zero attached hydrogens (tertiary/aromatic N) is 4. The highest BCUT2D eigenvalue weighted by Gasteiger charge is 2.14. The van der Waals surface area contributed by atoms with E-state index in [-0.39, 0.29) is 0 Å². The van der Waals surface area contributed by atoms with Crippen molar-refractivity contribution < 1.29 is 0 Å². The van der Waals surface area contributed by atoms with Crippen molar-refractivity contribution in [3.8, 4) is 11.8 Å². The number of anilines is 1. The second kappa shape index (κ2) is 7.86. The van der Waals surface area contributed by atoms with Crippen molar-refractivity contribution in [1.29, 1.82) is 5.26 Å². The average Bonchev–Trinajstić information content (AvgIpc) is 3.03. The highest BCUT2D eigenvalue weighted by molar-refractivity contribution is 7.99. The lowest BCUT2D eigenvalue weighted by molar-refractivity contribution is 0.842. The molecule has 2 aromatic carbocycles. The molecule has 24 heavy (non-hydrogen) atoms. The highest BCUT2D eigenvalue weighted by atomic mass is 35.5. The molecule has 0 aliphatic rings. The van der Waals surface area contributed by atoms with E-state index in [1.165, 1.54) is 11.8 Å². The summed E-state index contributed by atoms with van der Waals surface area (Å²) in [5.74, 6) is 1.10. The zero-order chi connectivity index (χ0) is 16.8. The quantitative estimate of drug-likeness (QED) is 0.673. The van der Waals surface area contributed by atoms with Crippen LogP contribution in [0.1, 0.15) is 5.82 Å². The van der Waals surface area contributed by atoms with Crippen LogP contribution in [0.4, 0.5) is 5.69 Å². The summed E-state index contributed by atoms with van der Waals surface area (Å²) < 4.78 is 1.96. The zero-order valence-corrected chi connectivity index (χ0v) is 14.3. The van der Waals surface area contributed by atoms with Crippen LogP contribution >= 0.6 is 23.4 Å². The largest absolute Gasteiger partial charge is 0.378 e. The van der Waals surface area contributed by atoms with Crippen molar-refractivity contribution in [2.24, 2.45) is 0 Å². The molecule has 5 nitrogen and oxygen atoms in total. The standard InChI is InChI=1S/C17H14ClN5S/c18-13-6-8-14(9-7-13)20-12-16-21-22-17(24-11-10-19)23(16)15-4-2-1-3-5-15/h1-9,20H,11-12H2. The van der Waals surface area contributed by atoms with E-state index in [4.69, 9.17) is 16.9 Å².